The Labute approximate surface area is 137 Å². The second-order valence-corrected chi connectivity index (χ2v) is 7.54. The summed E-state index contributed by atoms with van der Waals surface area (Å²) in [5.74, 6) is -0.143. The van der Waals surface area contributed by atoms with E-state index in [4.69, 9.17) is 0 Å². The first-order valence-electron chi connectivity index (χ1n) is 7.49. The molecule has 0 amide bonds. The molecule has 4 heteroatoms. The van der Waals surface area contributed by atoms with Gasteiger partial charge in [-0.2, -0.15) is 0 Å². The molecule has 1 aromatic carbocycles. The third-order valence-electron chi connectivity index (χ3n) is 3.98. The molecule has 1 aliphatic carbocycles. The summed E-state index contributed by atoms with van der Waals surface area (Å²) in [5, 5.41) is 3.44. The molecule has 1 aliphatic rings. The molecular formula is C17H19BrFNS. The van der Waals surface area contributed by atoms with E-state index in [9.17, 15) is 4.39 Å². The summed E-state index contributed by atoms with van der Waals surface area (Å²) in [6.07, 6.45) is 4.91. The summed E-state index contributed by atoms with van der Waals surface area (Å²) >= 11 is 5.30. The van der Waals surface area contributed by atoms with E-state index < -0.39 is 0 Å². The van der Waals surface area contributed by atoms with Crippen molar-refractivity contribution in [1.29, 1.82) is 0 Å². The van der Waals surface area contributed by atoms with Gasteiger partial charge in [-0.15, -0.1) is 11.3 Å². The van der Waals surface area contributed by atoms with Crippen molar-refractivity contribution in [2.75, 3.05) is 6.54 Å². The SMILES string of the molecule is CCNC(c1cc2c(s1)CCCC2)c1cc(Br)ccc1F. The average molecular weight is 368 g/mol. The molecule has 1 nitrogen and oxygen atoms in total. The highest BCUT2D eigenvalue weighted by Gasteiger charge is 2.22. The Kier molecular flexibility index (Phi) is 4.77. The van der Waals surface area contributed by atoms with Crippen molar-refractivity contribution in [2.45, 2.75) is 38.6 Å². The number of benzene rings is 1. The normalized spacial score (nSPS) is 15.8. The third kappa shape index (κ3) is 3.22. The molecule has 1 unspecified atom stereocenters. The Morgan fingerprint density at radius 1 is 1.29 bits per heavy atom. The van der Waals surface area contributed by atoms with Crippen LogP contribution in [-0.4, -0.2) is 6.54 Å². The lowest BCUT2D eigenvalue weighted by atomic mass is 9.97. The van der Waals surface area contributed by atoms with Gasteiger partial charge in [0.25, 0.3) is 0 Å². The van der Waals surface area contributed by atoms with Gasteiger partial charge in [0.15, 0.2) is 0 Å². The monoisotopic (exact) mass is 367 g/mol. The van der Waals surface area contributed by atoms with Crippen molar-refractivity contribution in [1.82, 2.24) is 5.32 Å². The molecule has 0 saturated heterocycles. The van der Waals surface area contributed by atoms with Crippen LogP contribution in [0.2, 0.25) is 0 Å². The molecule has 1 aromatic heterocycles. The second-order valence-electron chi connectivity index (χ2n) is 5.46. The molecule has 112 valence electrons. The van der Waals surface area contributed by atoms with E-state index in [1.165, 1.54) is 47.1 Å². The zero-order chi connectivity index (χ0) is 14.8. The molecule has 0 fully saturated rings. The highest BCUT2D eigenvalue weighted by atomic mass is 79.9. The van der Waals surface area contributed by atoms with Crippen LogP contribution in [0, 0.1) is 5.82 Å². The van der Waals surface area contributed by atoms with E-state index in [1.54, 1.807) is 6.07 Å². The van der Waals surface area contributed by atoms with Crippen molar-refractivity contribution in [3.05, 3.63) is 55.4 Å². The summed E-state index contributed by atoms with van der Waals surface area (Å²) in [5.41, 5.74) is 2.20. The minimum atomic E-state index is -0.143. The number of aryl methyl sites for hydroxylation is 2. The lowest BCUT2D eigenvalue weighted by Gasteiger charge is -2.18. The molecule has 0 radical (unpaired) electrons. The molecule has 1 heterocycles. The van der Waals surface area contributed by atoms with Crippen LogP contribution in [0.25, 0.3) is 0 Å². The number of hydrogen-bond acceptors (Lipinski definition) is 2. The van der Waals surface area contributed by atoms with Gasteiger partial charge in [-0.3, -0.25) is 0 Å². The van der Waals surface area contributed by atoms with Crippen LogP contribution in [0.1, 0.15) is 46.7 Å². The van der Waals surface area contributed by atoms with E-state index in [-0.39, 0.29) is 11.9 Å². The van der Waals surface area contributed by atoms with Crippen LogP contribution in [0.3, 0.4) is 0 Å². The second kappa shape index (κ2) is 6.59. The molecule has 0 bridgehead atoms. The predicted octanol–water partition coefficient (Wildman–Crippen LogP) is 5.23. The van der Waals surface area contributed by atoms with Crippen molar-refractivity contribution < 1.29 is 4.39 Å². The molecular weight excluding hydrogens is 349 g/mol. The third-order valence-corrected chi connectivity index (χ3v) is 5.77. The standard InChI is InChI=1S/C17H19BrFNS/c1-2-20-17(13-10-12(18)7-8-14(13)19)16-9-11-5-3-4-6-15(11)21-16/h7-10,17,20H,2-6H2,1H3. The van der Waals surface area contributed by atoms with Crippen LogP contribution in [0.4, 0.5) is 4.39 Å². The maximum atomic E-state index is 14.3. The Hall–Kier alpha value is -0.710. The van der Waals surface area contributed by atoms with Gasteiger partial charge in [-0.05, 0) is 62.1 Å². The minimum absolute atomic E-state index is 0.0527. The van der Waals surface area contributed by atoms with Crippen LogP contribution in [0.5, 0.6) is 0 Å². The fourth-order valence-electron chi connectivity index (χ4n) is 2.96. The van der Waals surface area contributed by atoms with Gasteiger partial charge in [-0.25, -0.2) is 4.39 Å². The molecule has 1 atom stereocenters. The molecule has 0 spiro atoms. The van der Waals surface area contributed by atoms with E-state index in [0.717, 1.165) is 16.6 Å². The molecule has 1 N–H and O–H groups in total. The van der Waals surface area contributed by atoms with Crippen molar-refractivity contribution >= 4 is 27.3 Å². The zero-order valence-electron chi connectivity index (χ0n) is 12.1. The maximum absolute atomic E-state index is 14.3. The molecule has 0 aliphatic heterocycles. The number of hydrogen-bond donors (Lipinski definition) is 1. The summed E-state index contributed by atoms with van der Waals surface area (Å²) in [7, 11) is 0. The van der Waals surface area contributed by atoms with E-state index in [2.05, 4.69) is 34.2 Å². The first-order chi connectivity index (χ1) is 10.2. The number of nitrogens with one attached hydrogen (secondary N) is 1. The van der Waals surface area contributed by atoms with Crippen LogP contribution in [0.15, 0.2) is 28.7 Å². The Morgan fingerprint density at radius 3 is 2.86 bits per heavy atom. The molecule has 21 heavy (non-hydrogen) atoms. The first kappa shape index (κ1) is 15.2. The topological polar surface area (TPSA) is 12.0 Å². The lowest BCUT2D eigenvalue weighted by Crippen LogP contribution is -2.22. The molecule has 2 aromatic rings. The fourth-order valence-corrected chi connectivity index (χ4v) is 4.69. The largest absolute Gasteiger partial charge is 0.306 e. The van der Waals surface area contributed by atoms with Crippen LogP contribution < -0.4 is 5.32 Å². The number of thiophene rings is 1. The van der Waals surface area contributed by atoms with Crippen molar-refractivity contribution in [3.63, 3.8) is 0 Å². The van der Waals surface area contributed by atoms with Gasteiger partial charge in [0.05, 0.1) is 6.04 Å². The van der Waals surface area contributed by atoms with Crippen LogP contribution in [-0.2, 0) is 12.8 Å². The molecule has 0 saturated carbocycles. The quantitative estimate of drug-likeness (QED) is 0.780. The van der Waals surface area contributed by atoms with E-state index in [1.807, 2.05) is 17.4 Å². The zero-order valence-corrected chi connectivity index (χ0v) is 14.5. The Balaban J connectivity index is 2.01. The Bertz CT molecular complexity index is 614. The number of fused-ring (bicyclic) bond motifs is 1. The number of halogens is 2. The van der Waals surface area contributed by atoms with Gasteiger partial charge in [0, 0.05) is 19.8 Å². The van der Waals surface area contributed by atoms with Gasteiger partial charge >= 0.3 is 0 Å². The highest BCUT2D eigenvalue weighted by molar-refractivity contribution is 9.10. The summed E-state index contributed by atoms with van der Waals surface area (Å²) in [4.78, 5) is 2.73. The summed E-state index contributed by atoms with van der Waals surface area (Å²) in [6.45, 7) is 2.88. The highest BCUT2D eigenvalue weighted by Crippen LogP contribution is 2.36. The average Bonchev–Trinajstić information content (AvgIpc) is 2.91. The van der Waals surface area contributed by atoms with Crippen molar-refractivity contribution in [2.24, 2.45) is 0 Å². The van der Waals surface area contributed by atoms with Gasteiger partial charge in [-0.1, -0.05) is 22.9 Å². The summed E-state index contributed by atoms with van der Waals surface area (Å²) < 4.78 is 15.2. The predicted molar refractivity (Wildman–Crippen MR) is 90.6 cm³/mol. The lowest BCUT2D eigenvalue weighted by molar-refractivity contribution is 0.562. The van der Waals surface area contributed by atoms with Crippen molar-refractivity contribution in [3.8, 4) is 0 Å². The minimum Gasteiger partial charge on any atom is -0.306 e. The van der Waals surface area contributed by atoms with Gasteiger partial charge in [0.1, 0.15) is 5.82 Å². The first-order valence-corrected chi connectivity index (χ1v) is 9.09. The van der Waals surface area contributed by atoms with Gasteiger partial charge in [0.2, 0.25) is 0 Å². The van der Waals surface area contributed by atoms with Gasteiger partial charge < -0.3 is 5.32 Å². The van der Waals surface area contributed by atoms with E-state index >= 15 is 0 Å². The van der Waals surface area contributed by atoms with Crippen LogP contribution >= 0.6 is 27.3 Å². The number of rotatable bonds is 4. The summed E-state index contributed by atoms with van der Waals surface area (Å²) in [6, 6.07) is 7.41. The van der Waals surface area contributed by atoms with E-state index in [0.29, 0.717) is 0 Å². The Morgan fingerprint density at radius 2 is 2.10 bits per heavy atom. The molecule has 3 rings (SSSR count). The smallest absolute Gasteiger partial charge is 0.128 e. The maximum Gasteiger partial charge on any atom is 0.128 e. The fraction of sp³-hybridized carbons (Fsp3) is 0.412.